The molecule has 126 valence electrons. The summed E-state index contributed by atoms with van der Waals surface area (Å²) in [5.41, 5.74) is -2.21. The van der Waals surface area contributed by atoms with Crippen LogP contribution in [-0.2, 0) is 23.9 Å². The molecule has 0 aromatic carbocycles. The Kier molecular flexibility index (Phi) is 4.39. The summed E-state index contributed by atoms with van der Waals surface area (Å²) in [7, 11) is 0. The first-order valence-corrected chi connectivity index (χ1v) is 6.20. The van der Waals surface area contributed by atoms with Crippen LogP contribution in [0.4, 0.5) is 30.7 Å². The lowest BCUT2D eigenvalue weighted by molar-refractivity contribution is -0.324. The van der Waals surface area contributed by atoms with Crippen LogP contribution in [0.25, 0.3) is 0 Å². The van der Waals surface area contributed by atoms with Gasteiger partial charge in [-0.05, 0) is 6.42 Å². The third-order valence-electron chi connectivity index (χ3n) is 3.17. The Hall–Kier alpha value is -1.36. The highest BCUT2D eigenvalue weighted by molar-refractivity contribution is 5.36. The summed E-state index contributed by atoms with van der Waals surface area (Å²) in [5.74, 6) is 0. The molecule has 0 saturated carbocycles. The maximum absolute atomic E-state index is 13.4. The average molecular weight is 336 g/mol. The molecule has 0 radical (unpaired) electrons. The van der Waals surface area contributed by atoms with Gasteiger partial charge in [0.05, 0.1) is 6.61 Å². The van der Waals surface area contributed by atoms with Crippen LogP contribution < -0.4 is 0 Å². The fourth-order valence-electron chi connectivity index (χ4n) is 2.31. The minimum atomic E-state index is -4.89. The Labute approximate surface area is 119 Å². The third-order valence-corrected chi connectivity index (χ3v) is 3.17. The van der Waals surface area contributed by atoms with Gasteiger partial charge in [-0.25, -0.2) is 4.39 Å². The molecule has 1 aliphatic carbocycles. The van der Waals surface area contributed by atoms with Gasteiger partial charge in [0.1, 0.15) is 12.3 Å². The van der Waals surface area contributed by atoms with Gasteiger partial charge in [-0.2, -0.15) is 18.3 Å². The molecule has 0 fully saturated rings. The van der Waals surface area contributed by atoms with E-state index in [2.05, 4.69) is 9.84 Å². The molecule has 4 nitrogen and oxygen atoms in total. The van der Waals surface area contributed by atoms with E-state index in [0.29, 0.717) is 0 Å². The molecule has 0 unspecified atom stereocenters. The Bertz CT molecular complexity index is 538. The van der Waals surface area contributed by atoms with Crippen molar-refractivity contribution < 1.29 is 40.6 Å². The zero-order chi connectivity index (χ0) is 16.7. The van der Waals surface area contributed by atoms with Gasteiger partial charge in [0.25, 0.3) is 0 Å². The molecule has 1 aliphatic rings. The van der Waals surface area contributed by atoms with Gasteiger partial charge in [-0.1, -0.05) is 0 Å². The van der Waals surface area contributed by atoms with Crippen molar-refractivity contribution in [3.63, 3.8) is 0 Å². The summed E-state index contributed by atoms with van der Waals surface area (Å²) < 4.78 is 91.5. The van der Waals surface area contributed by atoms with Crippen LogP contribution in [0.1, 0.15) is 29.5 Å². The number of aliphatic hydroxyl groups excluding tert-OH is 1. The normalized spacial score (nSPS) is 22.2. The van der Waals surface area contributed by atoms with Gasteiger partial charge in [0.15, 0.2) is 5.69 Å². The summed E-state index contributed by atoms with van der Waals surface area (Å²) in [6.07, 6.45) is -14.3. The Morgan fingerprint density at radius 2 is 1.86 bits per heavy atom. The van der Waals surface area contributed by atoms with Crippen LogP contribution in [0.5, 0.6) is 0 Å². The minimum Gasteiger partial charge on any atom is -0.385 e. The van der Waals surface area contributed by atoms with E-state index in [1.165, 1.54) is 0 Å². The number of fused-ring (bicyclic) bond motifs is 1. The van der Waals surface area contributed by atoms with Crippen molar-refractivity contribution in [2.45, 2.75) is 44.2 Å². The van der Waals surface area contributed by atoms with Crippen LogP contribution in [0.15, 0.2) is 0 Å². The van der Waals surface area contributed by atoms with E-state index in [4.69, 9.17) is 0 Å². The molecule has 1 aromatic heterocycles. The lowest BCUT2D eigenvalue weighted by atomic mass is 10.1. The lowest BCUT2D eigenvalue weighted by Gasteiger charge is -2.10. The van der Waals surface area contributed by atoms with Crippen molar-refractivity contribution in [3.8, 4) is 0 Å². The zero-order valence-electron chi connectivity index (χ0n) is 10.9. The first-order chi connectivity index (χ1) is 10.0. The first kappa shape index (κ1) is 17.0. The predicted octanol–water partition coefficient (Wildman–Crippen LogP) is 2.76. The third kappa shape index (κ3) is 3.51. The Morgan fingerprint density at radius 1 is 1.23 bits per heavy atom. The number of rotatable bonds is 4. The summed E-state index contributed by atoms with van der Waals surface area (Å²) in [4.78, 5) is 0. The highest BCUT2D eigenvalue weighted by Crippen LogP contribution is 2.42. The molecule has 0 aliphatic heterocycles. The lowest BCUT2D eigenvalue weighted by Crippen LogP contribution is -2.17. The van der Waals surface area contributed by atoms with Gasteiger partial charge in [0, 0.05) is 24.2 Å². The SMILES string of the molecule is O[C@H]1c2c(C(F)(F)F)nn(CCCOC(F)(F)F)c2C[C@H]1F. The van der Waals surface area contributed by atoms with E-state index < -0.39 is 49.1 Å². The Balaban J connectivity index is 2.15. The second-order valence-electron chi connectivity index (χ2n) is 4.74. The van der Waals surface area contributed by atoms with Gasteiger partial charge in [0.2, 0.25) is 0 Å². The summed E-state index contributed by atoms with van der Waals surface area (Å²) in [6.45, 7) is -1.07. The number of hydrogen-bond donors (Lipinski definition) is 1. The van der Waals surface area contributed by atoms with Gasteiger partial charge < -0.3 is 5.11 Å². The number of ether oxygens (including phenoxy) is 1. The van der Waals surface area contributed by atoms with Crippen LogP contribution in [0.2, 0.25) is 0 Å². The first-order valence-electron chi connectivity index (χ1n) is 6.20. The average Bonchev–Trinajstić information content (AvgIpc) is 2.83. The molecule has 2 rings (SSSR count). The highest BCUT2D eigenvalue weighted by atomic mass is 19.4. The summed E-state index contributed by atoms with van der Waals surface area (Å²) >= 11 is 0. The second-order valence-corrected chi connectivity index (χ2v) is 4.74. The highest BCUT2D eigenvalue weighted by Gasteiger charge is 2.46. The van der Waals surface area contributed by atoms with E-state index in [1.54, 1.807) is 0 Å². The van der Waals surface area contributed by atoms with Crippen molar-refractivity contribution in [2.75, 3.05) is 6.61 Å². The number of aliphatic hydroxyl groups is 1. The topological polar surface area (TPSA) is 47.3 Å². The largest absolute Gasteiger partial charge is 0.522 e. The molecular formula is C11H11F7N2O2. The molecule has 22 heavy (non-hydrogen) atoms. The number of nitrogens with zero attached hydrogens (tertiary/aromatic N) is 2. The van der Waals surface area contributed by atoms with E-state index in [-0.39, 0.29) is 18.7 Å². The molecule has 2 atom stereocenters. The standard InChI is InChI=1S/C11H11F7N2O2/c12-5-4-6-7(8(5)21)9(10(13,14)15)19-20(6)2-1-3-22-11(16,17)18/h5,8,21H,1-4H2/t5-,8-/m1/s1. The fraction of sp³-hybridized carbons (Fsp3) is 0.727. The monoisotopic (exact) mass is 336 g/mol. The van der Waals surface area contributed by atoms with Crippen molar-refractivity contribution in [2.24, 2.45) is 0 Å². The molecular weight excluding hydrogens is 325 g/mol. The number of halogens is 7. The molecule has 0 bridgehead atoms. The molecule has 1 aromatic rings. The van der Waals surface area contributed by atoms with E-state index >= 15 is 0 Å². The summed E-state index contributed by atoms with van der Waals surface area (Å²) in [6, 6.07) is 0. The van der Waals surface area contributed by atoms with Crippen LogP contribution in [-0.4, -0.2) is 34.0 Å². The maximum atomic E-state index is 13.4. The number of hydrogen-bond acceptors (Lipinski definition) is 3. The van der Waals surface area contributed by atoms with E-state index in [9.17, 15) is 35.8 Å². The van der Waals surface area contributed by atoms with E-state index in [0.717, 1.165) is 4.68 Å². The fourth-order valence-corrected chi connectivity index (χ4v) is 2.31. The van der Waals surface area contributed by atoms with Crippen molar-refractivity contribution in [1.82, 2.24) is 9.78 Å². The Morgan fingerprint density at radius 3 is 2.41 bits per heavy atom. The van der Waals surface area contributed by atoms with Crippen LogP contribution >= 0.6 is 0 Å². The van der Waals surface area contributed by atoms with Gasteiger partial charge in [-0.3, -0.25) is 9.42 Å². The molecule has 0 spiro atoms. The molecule has 1 heterocycles. The van der Waals surface area contributed by atoms with Crippen molar-refractivity contribution >= 4 is 0 Å². The molecule has 0 amide bonds. The minimum absolute atomic E-state index is 0.153. The smallest absolute Gasteiger partial charge is 0.385 e. The molecule has 1 N–H and O–H groups in total. The van der Waals surface area contributed by atoms with Crippen LogP contribution in [0, 0.1) is 0 Å². The predicted molar refractivity (Wildman–Crippen MR) is 57.4 cm³/mol. The van der Waals surface area contributed by atoms with E-state index in [1.807, 2.05) is 0 Å². The zero-order valence-corrected chi connectivity index (χ0v) is 10.9. The molecule has 11 heteroatoms. The van der Waals surface area contributed by atoms with Crippen LogP contribution in [0.3, 0.4) is 0 Å². The molecule has 0 saturated heterocycles. The van der Waals surface area contributed by atoms with Gasteiger partial charge >= 0.3 is 12.5 Å². The number of alkyl halides is 7. The number of aromatic nitrogens is 2. The number of aryl methyl sites for hydroxylation is 1. The van der Waals surface area contributed by atoms with Gasteiger partial charge in [-0.15, -0.1) is 13.2 Å². The quantitative estimate of drug-likeness (QED) is 0.679. The maximum Gasteiger partial charge on any atom is 0.522 e. The van der Waals surface area contributed by atoms with Crippen molar-refractivity contribution in [1.29, 1.82) is 0 Å². The summed E-state index contributed by atoms with van der Waals surface area (Å²) in [5, 5.41) is 12.7. The second kappa shape index (κ2) is 5.69. The van der Waals surface area contributed by atoms with Crippen molar-refractivity contribution in [3.05, 3.63) is 17.0 Å².